The number of aryl methyl sites for hydroxylation is 1. The molecule has 2 aromatic heterocycles. The van der Waals surface area contributed by atoms with Gasteiger partial charge in [-0.3, -0.25) is 0 Å². The summed E-state index contributed by atoms with van der Waals surface area (Å²) in [7, 11) is 0. The van der Waals surface area contributed by atoms with Crippen LogP contribution < -0.4 is 0 Å². The van der Waals surface area contributed by atoms with Crippen LogP contribution in [-0.2, 0) is 11.2 Å². The second-order valence-electron chi connectivity index (χ2n) is 3.79. The van der Waals surface area contributed by atoms with Crippen molar-refractivity contribution in [2.45, 2.75) is 33.4 Å². The van der Waals surface area contributed by atoms with Crippen molar-refractivity contribution in [1.29, 1.82) is 0 Å². The molecular weight excluding hydrogens is 238 g/mol. The summed E-state index contributed by atoms with van der Waals surface area (Å²) < 4.78 is 7.35. The summed E-state index contributed by atoms with van der Waals surface area (Å²) in [6.45, 7) is 6.62. The maximum atomic E-state index is 6.20. The average Bonchev–Trinajstić information content (AvgIpc) is 2.69. The minimum absolute atomic E-state index is 0.131. The largest absolute Gasteiger partial charge is 0.357 e. The summed E-state index contributed by atoms with van der Waals surface area (Å²) >= 11 is 6.20. The standard InChI is InChI=1S/C12H16ClN3O/c1-4-10-11-9(13)6-7-14-12(11)16(15-10)8(3)17-5-2/h6-8H,4-5H2,1-3H3. The van der Waals surface area contributed by atoms with Gasteiger partial charge in [0.25, 0.3) is 0 Å². The number of ether oxygens (including phenoxy) is 1. The zero-order valence-electron chi connectivity index (χ0n) is 10.3. The van der Waals surface area contributed by atoms with E-state index < -0.39 is 0 Å². The fourth-order valence-corrected chi connectivity index (χ4v) is 2.16. The molecule has 0 saturated carbocycles. The number of hydrogen-bond acceptors (Lipinski definition) is 3. The zero-order chi connectivity index (χ0) is 12.4. The fourth-order valence-electron chi connectivity index (χ4n) is 1.91. The average molecular weight is 254 g/mol. The molecule has 92 valence electrons. The predicted octanol–water partition coefficient (Wildman–Crippen LogP) is 3.20. The molecule has 0 bridgehead atoms. The Hall–Kier alpha value is -1.13. The van der Waals surface area contributed by atoms with Crippen molar-refractivity contribution >= 4 is 22.6 Å². The van der Waals surface area contributed by atoms with Crippen molar-refractivity contribution in [2.75, 3.05) is 6.61 Å². The number of halogens is 1. The van der Waals surface area contributed by atoms with E-state index in [0.717, 1.165) is 23.1 Å². The van der Waals surface area contributed by atoms with Crippen molar-refractivity contribution in [3.05, 3.63) is 23.0 Å². The Balaban J connectivity index is 2.61. The van der Waals surface area contributed by atoms with Crippen molar-refractivity contribution in [2.24, 2.45) is 0 Å². The smallest absolute Gasteiger partial charge is 0.162 e. The van der Waals surface area contributed by atoms with Gasteiger partial charge in [-0.25, -0.2) is 9.67 Å². The number of pyridine rings is 1. The molecule has 0 aliphatic heterocycles. The molecule has 0 N–H and O–H groups in total. The van der Waals surface area contributed by atoms with Crippen LogP contribution in [-0.4, -0.2) is 21.4 Å². The van der Waals surface area contributed by atoms with Crippen LogP contribution in [0.1, 0.15) is 32.7 Å². The van der Waals surface area contributed by atoms with Crippen molar-refractivity contribution in [3.8, 4) is 0 Å². The number of aromatic nitrogens is 3. The number of rotatable bonds is 4. The zero-order valence-corrected chi connectivity index (χ0v) is 11.0. The van der Waals surface area contributed by atoms with Crippen LogP contribution in [0.2, 0.25) is 5.02 Å². The molecule has 0 aliphatic rings. The van der Waals surface area contributed by atoms with Crippen molar-refractivity contribution in [3.63, 3.8) is 0 Å². The Labute approximate surface area is 106 Å². The molecule has 0 aliphatic carbocycles. The van der Waals surface area contributed by atoms with Gasteiger partial charge in [0.15, 0.2) is 5.65 Å². The van der Waals surface area contributed by atoms with Gasteiger partial charge in [0.2, 0.25) is 0 Å². The van der Waals surface area contributed by atoms with E-state index in [-0.39, 0.29) is 6.23 Å². The van der Waals surface area contributed by atoms with Crippen LogP contribution in [0, 0.1) is 0 Å². The highest BCUT2D eigenvalue weighted by atomic mass is 35.5. The predicted molar refractivity (Wildman–Crippen MR) is 68.3 cm³/mol. The molecule has 1 unspecified atom stereocenters. The molecule has 4 nitrogen and oxygen atoms in total. The van der Waals surface area contributed by atoms with Gasteiger partial charge in [-0.2, -0.15) is 5.10 Å². The molecule has 2 aromatic rings. The SMILES string of the molecule is CCOC(C)n1nc(CC)c2c(Cl)ccnc21. The van der Waals surface area contributed by atoms with E-state index in [9.17, 15) is 0 Å². The summed E-state index contributed by atoms with van der Waals surface area (Å²) in [5.74, 6) is 0. The lowest BCUT2D eigenvalue weighted by Gasteiger charge is -2.12. The molecule has 0 amide bonds. The Morgan fingerprint density at radius 3 is 2.88 bits per heavy atom. The third-order valence-corrected chi connectivity index (χ3v) is 3.02. The maximum Gasteiger partial charge on any atom is 0.162 e. The van der Waals surface area contributed by atoms with E-state index in [0.29, 0.717) is 11.6 Å². The molecule has 0 fully saturated rings. The molecule has 2 heterocycles. The first-order chi connectivity index (χ1) is 8.19. The lowest BCUT2D eigenvalue weighted by atomic mass is 10.2. The normalized spacial score (nSPS) is 13.2. The Bertz CT molecular complexity index is 524. The topological polar surface area (TPSA) is 39.9 Å². The Kier molecular flexibility index (Phi) is 3.64. The van der Waals surface area contributed by atoms with Crippen molar-refractivity contribution < 1.29 is 4.74 Å². The Morgan fingerprint density at radius 2 is 2.24 bits per heavy atom. The van der Waals surface area contributed by atoms with Crippen LogP contribution in [0.4, 0.5) is 0 Å². The summed E-state index contributed by atoms with van der Waals surface area (Å²) in [6, 6.07) is 1.79. The van der Waals surface area contributed by atoms with Gasteiger partial charge in [-0.05, 0) is 26.3 Å². The number of nitrogens with zero attached hydrogens (tertiary/aromatic N) is 3. The quantitative estimate of drug-likeness (QED) is 0.840. The first kappa shape index (κ1) is 12.3. The highest BCUT2D eigenvalue weighted by Gasteiger charge is 2.16. The van der Waals surface area contributed by atoms with Crippen LogP contribution >= 0.6 is 11.6 Å². The lowest BCUT2D eigenvalue weighted by Crippen LogP contribution is -2.11. The molecule has 2 rings (SSSR count). The van der Waals surface area contributed by atoms with Gasteiger partial charge in [-0.15, -0.1) is 0 Å². The number of hydrogen-bond donors (Lipinski definition) is 0. The molecule has 0 aromatic carbocycles. The fraction of sp³-hybridized carbons (Fsp3) is 0.500. The molecule has 1 atom stereocenters. The van der Waals surface area contributed by atoms with Gasteiger partial charge in [0, 0.05) is 12.8 Å². The number of fused-ring (bicyclic) bond motifs is 1. The monoisotopic (exact) mass is 253 g/mol. The molecule has 17 heavy (non-hydrogen) atoms. The van der Waals surface area contributed by atoms with E-state index in [1.165, 1.54) is 0 Å². The van der Waals surface area contributed by atoms with E-state index in [1.54, 1.807) is 16.9 Å². The molecule has 0 radical (unpaired) electrons. The first-order valence-electron chi connectivity index (χ1n) is 5.82. The summed E-state index contributed by atoms with van der Waals surface area (Å²) in [4.78, 5) is 4.35. The van der Waals surface area contributed by atoms with Gasteiger partial charge < -0.3 is 4.74 Å². The van der Waals surface area contributed by atoms with Crippen molar-refractivity contribution in [1.82, 2.24) is 14.8 Å². The molecule has 5 heteroatoms. The van der Waals surface area contributed by atoms with E-state index in [2.05, 4.69) is 17.0 Å². The summed E-state index contributed by atoms with van der Waals surface area (Å²) in [6.07, 6.45) is 2.39. The summed E-state index contributed by atoms with van der Waals surface area (Å²) in [5.41, 5.74) is 1.75. The highest BCUT2D eigenvalue weighted by Crippen LogP contribution is 2.27. The third-order valence-electron chi connectivity index (χ3n) is 2.70. The van der Waals surface area contributed by atoms with Gasteiger partial charge in [0.1, 0.15) is 6.23 Å². The lowest BCUT2D eigenvalue weighted by molar-refractivity contribution is 0.0185. The first-order valence-corrected chi connectivity index (χ1v) is 6.20. The van der Waals surface area contributed by atoms with E-state index in [1.807, 2.05) is 13.8 Å². The minimum Gasteiger partial charge on any atom is -0.357 e. The Morgan fingerprint density at radius 1 is 1.47 bits per heavy atom. The highest BCUT2D eigenvalue weighted by molar-refractivity contribution is 6.35. The minimum atomic E-state index is -0.131. The maximum absolute atomic E-state index is 6.20. The second kappa shape index (κ2) is 5.02. The van der Waals surface area contributed by atoms with Crippen LogP contribution in [0.15, 0.2) is 12.3 Å². The summed E-state index contributed by atoms with van der Waals surface area (Å²) in [5, 5.41) is 6.16. The van der Waals surface area contributed by atoms with E-state index >= 15 is 0 Å². The van der Waals surface area contributed by atoms with Gasteiger partial charge in [-0.1, -0.05) is 18.5 Å². The van der Waals surface area contributed by atoms with Crippen LogP contribution in [0.5, 0.6) is 0 Å². The molecule has 0 saturated heterocycles. The second-order valence-corrected chi connectivity index (χ2v) is 4.20. The van der Waals surface area contributed by atoms with Gasteiger partial charge >= 0.3 is 0 Å². The van der Waals surface area contributed by atoms with E-state index in [4.69, 9.17) is 16.3 Å². The van der Waals surface area contributed by atoms with Gasteiger partial charge in [0.05, 0.1) is 16.1 Å². The van der Waals surface area contributed by atoms with Crippen LogP contribution in [0.3, 0.4) is 0 Å². The third kappa shape index (κ3) is 2.15. The molecular formula is C12H16ClN3O. The molecule has 0 spiro atoms. The van der Waals surface area contributed by atoms with Crippen LogP contribution in [0.25, 0.3) is 11.0 Å².